The van der Waals surface area contributed by atoms with Crippen LogP contribution in [0.2, 0.25) is 0 Å². The Kier molecular flexibility index (Phi) is 4.01. The lowest BCUT2D eigenvalue weighted by Crippen LogP contribution is -2.28. The molecule has 0 radical (unpaired) electrons. The van der Waals surface area contributed by atoms with E-state index in [4.69, 9.17) is 4.74 Å². The van der Waals surface area contributed by atoms with Gasteiger partial charge in [-0.2, -0.15) is 0 Å². The fraction of sp³-hybridized carbons (Fsp3) is 0.200. The second kappa shape index (κ2) is 5.98. The minimum atomic E-state index is -3.67. The summed E-state index contributed by atoms with van der Waals surface area (Å²) in [5, 5.41) is 8.09. The summed E-state index contributed by atoms with van der Waals surface area (Å²) >= 11 is 0. The van der Waals surface area contributed by atoms with Crippen molar-refractivity contribution < 1.29 is 13.2 Å². The summed E-state index contributed by atoms with van der Waals surface area (Å²) in [6.07, 6.45) is 1.79. The molecule has 1 aromatic carbocycles. The summed E-state index contributed by atoms with van der Waals surface area (Å²) in [6.45, 7) is 1.73. The monoisotopic (exact) mass is 332 g/mol. The largest absolute Gasteiger partial charge is 0.497 e. The predicted octanol–water partition coefficient (Wildman–Crippen LogP) is 1.78. The molecule has 8 heteroatoms. The Labute approximate surface area is 134 Å². The van der Waals surface area contributed by atoms with Crippen LogP contribution in [0.1, 0.15) is 18.8 Å². The molecule has 0 aliphatic rings. The van der Waals surface area contributed by atoms with Crippen LogP contribution < -0.4 is 9.46 Å². The van der Waals surface area contributed by atoms with Crippen LogP contribution in [0.25, 0.3) is 5.65 Å². The molecule has 0 spiro atoms. The number of sulfonamides is 1. The maximum absolute atomic E-state index is 12.5. The first kappa shape index (κ1) is 15.4. The number of nitrogens with one attached hydrogen (secondary N) is 1. The van der Waals surface area contributed by atoms with Gasteiger partial charge in [-0.1, -0.05) is 6.07 Å². The Bertz CT molecular complexity index is 919. The molecule has 1 atom stereocenters. The standard InChI is InChI=1S/C15H16N4O3S/c1-11(15-17-16-14-5-3-4-10-19(14)15)18-23(20,21)13-8-6-12(22-2)7-9-13/h3-11,18H,1-2H3/t11-/m0/s1. The molecule has 1 N–H and O–H groups in total. The van der Waals surface area contributed by atoms with Crippen molar-refractivity contribution in [3.63, 3.8) is 0 Å². The third-order valence-electron chi connectivity index (χ3n) is 3.43. The Hall–Kier alpha value is -2.45. The van der Waals surface area contributed by atoms with E-state index in [0.717, 1.165) is 0 Å². The first-order valence-electron chi connectivity index (χ1n) is 6.97. The quantitative estimate of drug-likeness (QED) is 0.770. The van der Waals surface area contributed by atoms with E-state index in [9.17, 15) is 8.42 Å². The van der Waals surface area contributed by atoms with Crippen LogP contribution in [0.5, 0.6) is 5.75 Å². The zero-order valence-electron chi connectivity index (χ0n) is 12.7. The van der Waals surface area contributed by atoms with Gasteiger partial charge in [-0.25, -0.2) is 13.1 Å². The number of fused-ring (bicyclic) bond motifs is 1. The number of pyridine rings is 1. The number of nitrogens with zero attached hydrogens (tertiary/aromatic N) is 3. The Balaban J connectivity index is 1.87. The molecule has 7 nitrogen and oxygen atoms in total. The van der Waals surface area contributed by atoms with Crippen molar-refractivity contribution in [1.82, 2.24) is 19.3 Å². The first-order valence-corrected chi connectivity index (χ1v) is 8.45. The summed E-state index contributed by atoms with van der Waals surface area (Å²) in [5.41, 5.74) is 0.665. The summed E-state index contributed by atoms with van der Waals surface area (Å²) in [5.74, 6) is 1.12. The second-order valence-electron chi connectivity index (χ2n) is 5.01. The lowest BCUT2D eigenvalue weighted by molar-refractivity contribution is 0.414. The van der Waals surface area contributed by atoms with E-state index in [1.165, 1.54) is 19.2 Å². The number of benzene rings is 1. The highest BCUT2D eigenvalue weighted by Gasteiger charge is 2.21. The molecule has 23 heavy (non-hydrogen) atoms. The normalized spacial score (nSPS) is 13.1. The minimum absolute atomic E-state index is 0.166. The van der Waals surface area contributed by atoms with Gasteiger partial charge in [0.15, 0.2) is 11.5 Å². The maximum atomic E-state index is 12.5. The lowest BCUT2D eigenvalue weighted by atomic mass is 10.3. The zero-order chi connectivity index (χ0) is 16.4. The SMILES string of the molecule is COc1ccc(S(=O)(=O)N[C@@H](C)c2nnc3ccccn23)cc1. The summed E-state index contributed by atoms with van der Waals surface area (Å²) in [7, 11) is -2.14. The Morgan fingerprint density at radius 2 is 1.87 bits per heavy atom. The van der Waals surface area contributed by atoms with Gasteiger partial charge < -0.3 is 4.74 Å². The lowest BCUT2D eigenvalue weighted by Gasteiger charge is -2.13. The number of aromatic nitrogens is 3. The van der Waals surface area contributed by atoms with Crippen molar-refractivity contribution in [1.29, 1.82) is 0 Å². The van der Waals surface area contributed by atoms with Crippen molar-refractivity contribution in [3.05, 3.63) is 54.5 Å². The molecule has 0 saturated carbocycles. The number of rotatable bonds is 5. The first-order chi connectivity index (χ1) is 11.0. The van der Waals surface area contributed by atoms with Crippen molar-refractivity contribution >= 4 is 15.7 Å². The summed E-state index contributed by atoms with van der Waals surface area (Å²) < 4.78 is 34.3. The van der Waals surface area contributed by atoms with Crippen LogP contribution in [0.4, 0.5) is 0 Å². The third kappa shape index (κ3) is 3.03. The van der Waals surface area contributed by atoms with Crippen LogP contribution >= 0.6 is 0 Å². The fourth-order valence-corrected chi connectivity index (χ4v) is 3.46. The van der Waals surface area contributed by atoms with Gasteiger partial charge in [0.2, 0.25) is 10.0 Å². The average molecular weight is 332 g/mol. The predicted molar refractivity (Wildman–Crippen MR) is 84.7 cm³/mol. The van der Waals surface area contributed by atoms with E-state index in [0.29, 0.717) is 17.2 Å². The van der Waals surface area contributed by atoms with Gasteiger partial charge in [-0.05, 0) is 43.3 Å². The second-order valence-corrected chi connectivity index (χ2v) is 6.72. The van der Waals surface area contributed by atoms with E-state index in [1.54, 1.807) is 35.7 Å². The summed E-state index contributed by atoms with van der Waals surface area (Å²) in [4.78, 5) is 0.166. The Morgan fingerprint density at radius 3 is 2.57 bits per heavy atom. The van der Waals surface area contributed by atoms with Crippen LogP contribution in [0.3, 0.4) is 0 Å². The number of methoxy groups -OCH3 is 1. The topological polar surface area (TPSA) is 85.6 Å². The van der Waals surface area contributed by atoms with Crippen LogP contribution in [0.15, 0.2) is 53.6 Å². The highest BCUT2D eigenvalue weighted by atomic mass is 32.2. The van der Waals surface area contributed by atoms with E-state index in [1.807, 2.05) is 12.1 Å². The van der Waals surface area contributed by atoms with Gasteiger partial charge in [0, 0.05) is 6.20 Å². The minimum Gasteiger partial charge on any atom is -0.497 e. The number of ether oxygens (including phenoxy) is 1. The van der Waals surface area contributed by atoms with Gasteiger partial charge in [-0.15, -0.1) is 10.2 Å². The average Bonchev–Trinajstić information content (AvgIpc) is 2.98. The maximum Gasteiger partial charge on any atom is 0.241 e. The van der Waals surface area contributed by atoms with Crippen molar-refractivity contribution in [2.75, 3.05) is 7.11 Å². The highest BCUT2D eigenvalue weighted by molar-refractivity contribution is 7.89. The molecule has 2 aromatic heterocycles. The molecule has 120 valence electrons. The molecule has 0 saturated heterocycles. The molecule has 0 bridgehead atoms. The van der Waals surface area contributed by atoms with Crippen molar-refractivity contribution in [2.24, 2.45) is 0 Å². The highest BCUT2D eigenvalue weighted by Crippen LogP contribution is 2.19. The van der Waals surface area contributed by atoms with Gasteiger partial charge in [0.1, 0.15) is 5.75 Å². The fourth-order valence-electron chi connectivity index (χ4n) is 2.26. The van der Waals surface area contributed by atoms with Gasteiger partial charge in [0.05, 0.1) is 18.0 Å². The molecular weight excluding hydrogens is 316 g/mol. The molecule has 3 rings (SSSR count). The number of hydrogen-bond acceptors (Lipinski definition) is 5. The Morgan fingerprint density at radius 1 is 1.13 bits per heavy atom. The summed E-state index contributed by atoms with van der Waals surface area (Å²) in [6, 6.07) is 11.2. The van der Waals surface area contributed by atoms with E-state index in [2.05, 4.69) is 14.9 Å². The molecule has 0 fully saturated rings. The molecule has 0 amide bonds. The van der Waals surface area contributed by atoms with Crippen molar-refractivity contribution in [2.45, 2.75) is 17.9 Å². The molecule has 0 aliphatic heterocycles. The molecule has 0 unspecified atom stereocenters. The van der Waals surface area contributed by atoms with Crippen LogP contribution in [0, 0.1) is 0 Å². The van der Waals surface area contributed by atoms with Crippen LogP contribution in [-0.4, -0.2) is 30.1 Å². The van der Waals surface area contributed by atoms with Crippen LogP contribution in [-0.2, 0) is 10.0 Å². The molecule has 0 aliphatic carbocycles. The third-order valence-corrected chi connectivity index (χ3v) is 4.99. The zero-order valence-corrected chi connectivity index (χ0v) is 13.5. The smallest absolute Gasteiger partial charge is 0.241 e. The van der Waals surface area contributed by atoms with E-state index >= 15 is 0 Å². The van der Waals surface area contributed by atoms with Gasteiger partial charge in [0.25, 0.3) is 0 Å². The van der Waals surface area contributed by atoms with E-state index < -0.39 is 16.1 Å². The number of hydrogen-bond donors (Lipinski definition) is 1. The van der Waals surface area contributed by atoms with E-state index in [-0.39, 0.29) is 4.90 Å². The van der Waals surface area contributed by atoms with Gasteiger partial charge in [-0.3, -0.25) is 4.40 Å². The van der Waals surface area contributed by atoms with Gasteiger partial charge >= 0.3 is 0 Å². The molecular formula is C15H16N4O3S. The van der Waals surface area contributed by atoms with Crippen molar-refractivity contribution in [3.8, 4) is 5.75 Å². The molecule has 2 heterocycles. The molecule has 3 aromatic rings.